The number of allylic oxidation sites excluding steroid dienone is 2. The molecule has 7 nitrogen and oxygen atoms in total. The van der Waals surface area contributed by atoms with Crippen molar-refractivity contribution in [1.29, 1.82) is 0 Å². The monoisotopic (exact) mass is 536 g/mol. The second-order valence-corrected chi connectivity index (χ2v) is 11.4. The van der Waals surface area contributed by atoms with Gasteiger partial charge in [-0.2, -0.15) is 0 Å². The summed E-state index contributed by atoms with van der Waals surface area (Å²) in [7, 11) is 0. The molecule has 1 aromatic carbocycles. The first-order chi connectivity index (χ1) is 18.8. The van der Waals surface area contributed by atoms with Crippen LogP contribution in [-0.4, -0.2) is 79.8 Å². The number of hydrogen-bond acceptors (Lipinski definition) is 6. The molecular weight excluding hydrogens is 495 g/mol. The van der Waals surface area contributed by atoms with Crippen molar-refractivity contribution in [2.24, 2.45) is 16.3 Å². The number of likely N-dealkylation sites (tertiary alicyclic amines) is 2. The van der Waals surface area contributed by atoms with Crippen molar-refractivity contribution < 1.29 is 18.8 Å². The lowest BCUT2D eigenvalue weighted by atomic mass is 9.86. The summed E-state index contributed by atoms with van der Waals surface area (Å²) >= 11 is 0. The van der Waals surface area contributed by atoms with Crippen molar-refractivity contribution in [3.63, 3.8) is 0 Å². The third-order valence-electron chi connectivity index (χ3n) is 8.47. The van der Waals surface area contributed by atoms with Crippen LogP contribution in [0.15, 0.2) is 41.1 Å². The highest BCUT2D eigenvalue weighted by molar-refractivity contribution is 6.02. The number of anilines is 1. The van der Waals surface area contributed by atoms with Gasteiger partial charge in [-0.15, -0.1) is 0 Å². The van der Waals surface area contributed by atoms with Crippen LogP contribution >= 0.6 is 0 Å². The first-order valence-corrected chi connectivity index (χ1v) is 14.2. The Morgan fingerprint density at radius 3 is 2.51 bits per heavy atom. The molecule has 3 heterocycles. The van der Waals surface area contributed by atoms with Crippen LogP contribution in [0.25, 0.3) is 0 Å². The minimum atomic E-state index is -0.443. The number of aldehydes is 2. The number of rotatable bonds is 9. The van der Waals surface area contributed by atoms with Gasteiger partial charge in [-0.3, -0.25) is 14.4 Å². The number of carbonyl (C=O) groups is 3. The lowest BCUT2D eigenvalue weighted by Crippen LogP contribution is -2.39. The molecule has 210 valence electrons. The van der Waals surface area contributed by atoms with Crippen LogP contribution in [0.1, 0.15) is 73.6 Å². The summed E-state index contributed by atoms with van der Waals surface area (Å²) in [6, 6.07) is 2.73. The smallest absolute Gasteiger partial charge is 0.160 e. The fourth-order valence-corrected chi connectivity index (χ4v) is 6.24. The van der Waals surface area contributed by atoms with Crippen molar-refractivity contribution in [1.82, 2.24) is 9.80 Å². The van der Waals surface area contributed by atoms with Crippen LogP contribution in [0.3, 0.4) is 0 Å². The van der Waals surface area contributed by atoms with E-state index < -0.39 is 5.82 Å². The molecule has 1 unspecified atom stereocenters. The van der Waals surface area contributed by atoms with Gasteiger partial charge in [0.2, 0.25) is 0 Å². The molecule has 3 saturated heterocycles. The largest absolute Gasteiger partial charge is 0.369 e. The molecule has 1 atom stereocenters. The molecule has 1 spiro atoms. The molecule has 0 amide bonds. The predicted molar refractivity (Wildman–Crippen MR) is 153 cm³/mol. The van der Waals surface area contributed by atoms with Gasteiger partial charge in [0.1, 0.15) is 17.9 Å². The average molecular weight is 537 g/mol. The first-order valence-electron chi connectivity index (χ1n) is 14.2. The minimum absolute atomic E-state index is 0.111. The number of nitrogens with zero attached hydrogens (tertiary/aromatic N) is 4. The molecule has 4 rings (SSSR count). The Hall–Kier alpha value is -3.13. The van der Waals surface area contributed by atoms with Gasteiger partial charge in [0.25, 0.3) is 0 Å². The van der Waals surface area contributed by atoms with Crippen LogP contribution in [0, 0.1) is 17.2 Å². The standard InChI is InChI=1S/C31H41FN4O3/c1-4-5-6-30(33-17-23(2)19-37)36-14-10-31(22-36)9-13-34(21-31)18-25-7-11-35(12-8-25)29-16-27(24(3)39)26(20-38)15-28(29)32/h5-6,15-17,19-20,25H,4,7-14,18,21-22H2,1-3H3/b6-5+,23-17+,33-30-. The van der Waals surface area contributed by atoms with Gasteiger partial charge in [-0.05, 0) is 76.6 Å². The van der Waals surface area contributed by atoms with Crippen molar-refractivity contribution in [2.45, 2.75) is 52.9 Å². The van der Waals surface area contributed by atoms with E-state index in [1.54, 1.807) is 19.2 Å². The van der Waals surface area contributed by atoms with Gasteiger partial charge in [-0.1, -0.05) is 13.0 Å². The number of piperidine rings is 1. The van der Waals surface area contributed by atoms with Gasteiger partial charge in [-0.25, -0.2) is 9.38 Å². The molecule has 0 saturated carbocycles. The SMILES string of the molecule is CC/C=C/C(=N/C=C(\C)C=O)N1CCC2(CCN(CC3CCN(c4cc(C(C)=O)c(C=O)cc4F)CC3)C2)C1. The Balaban J connectivity index is 1.32. The molecular formula is C31H41FN4O3. The number of Topliss-reactive ketones (excluding diaryl/α,β-unsaturated/α-hetero) is 1. The number of ketones is 1. The Kier molecular flexibility index (Phi) is 9.49. The van der Waals surface area contributed by atoms with Crippen molar-refractivity contribution in [3.05, 3.63) is 53.0 Å². The summed E-state index contributed by atoms with van der Waals surface area (Å²) < 4.78 is 14.8. The van der Waals surface area contributed by atoms with E-state index >= 15 is 0 Å². The van der Waals surface area contributed by atoms with E-state index in [9.17, 15) is 18.8 Å². The fourth-order valence-electron chi connectivity index (χ4n) is 6.24. The molecule has 1 aromatic rings. The van der Waals surface area contributed by atoms with Crippen molar-refractivity contribution in [3.8, 4) is 0 Å². The molecule has 39 heavy (non-hydrogen) atoms. The molecule has 3 aliphatic heterocycles. The lowest BCUT2D eigenvalue weighted by Gasteiger charge is -2.36. The van der Waals surface area contributed by atoms with Crippen LogP contribution < -0.4 is 4.90 Å². The maximum atomic E-state index is 14.8. The second kappa shape index (κ2) is 12.8. The van der Waals surface area contributed by atoms with E-state index in [4.69, 9.17) is 0 Å². The van der Waals surface area contributed by atoms with Gasteiger partial charge < -0.3 is 14.7 Å². The highest BCUT2D eigenvalue weighted by Gasteiger charge is 2.44. The highest BCUT2D eigenvalue weighted by Crippen LogP contribution is 2.40. The quantitative estimate of drug-likeness (QED) is 0.147. The Bertz CT molecular complexity index is 1170. The molecule has 0 aliphatic carbocycles. The Labute approximate surface area is 231 Å². The zero-order chi connectivity index (χ0) is 28.0. The number of aliphatic imine (C=N–C) groups is 1. The summed E-state index contributed by atoms with van der Waals surface area (Å²) in [5, 5.41) is 0. The Morgan fingerprint density at radius 2 is 1.85 bits per heavy atom. The van der Waals surface area contributed by atoms with E-state index in [2.05, 4.69) is 33.9 Å². The Morgan fingerprint density at radius 1 is 1.10 bits per heavy atom. The summed E-state index contributed by atoms with van der Waals surface area (Å²) in [5.74, 6) is 0.817. The van der Waals surface area contributed by atoms with Crippen LogP contribution in [-0.2, 0) is 4.79 Å². The molecule has 8 heteroatoms. The number of carbonyl (C=O) groups excluding carboxylic acids is 3. The summed E-state index contributed by atoms with van der Waals surface area (Å²) in [4.78, 5) is 45.8. The van der Waals surface area contributed by atoms with E-state index in [1.807, 2.05) is 4.90 Å². The zero-order valence-corrected chi connectivity index (χ0v) is 23.5. The van der Waals surface area contributed by atoms with Gasteiger partial charge in [0, 0.05) is 67.6 Å². The van der Waals surface area contributed by atoms with E-state index in [1.165, 1.54) is 19.4 Å². The topological polar surface area (TPSA) is 73.3 Å². The third kappa shape index (κ3) is 6.90. The van der Waals surface area contributed by atoms with E-state index in [0.29, 0.717) is 23.5 Å². The molecule has 0 radical (unpaired) electrons. The van der Waals surface area contributed by atoms with Crippen molar-refractivity contribution >= 4 is 29.9 Å². The summed E-state index contributed by atoms with van der Waals surface area (Å²) in [5.41, 5.74) is 1.70. The lowest BCUT2D eigenvalue weighted by molar-refractivity contribution is -0.104. The van der Waals surface area contributed by atoms with Gasteiger partial charge in [0.15, 0.2) is 12.1 Å². The van der Waals surface area contributed by atoms with Crippen molar-refractivity contribution in [2.75, 3.05) is 50.7 Å². The fraction of sp³-hybridized carbons (Fsp3) is 0.548. The third-order valence-corrected chi connectivity index (χ3v) is 8.47. The number of hydrogen-bond donors (Lipinski definition) is 0. The zero-order valence-electron chi connectivity index (χ0n) is 23.5. The maximum absolute atomic E-state index is 14.8. The van der Waals surface area contributed by atoms with Gasteiger partial charge in [0.05, 0.1) is 5.69 Å². The van der Waals surface area contributed by atoms with Crippen LogP contribution in [0.2, 0.25) is 0 Å². The maximum Gasteiger partial charge on any atom is 0.160 e. The summed E-state index contributed by atoms with van der Waals surface area (Å²) in [6.45, 7) is 12.0. The number of halogens is 1. The molecule has 0 bridgehead atoms. The van der Waals surface area contributed by atoms with Crippen LogP contribution in [0.5, 0.6) is 0 Å². The molecule has 0 aromatic heterocycles. The normalized spacial score (nSPS) is 23.4. The average Bonchev–Trinajstić information content (AvgIpc) is 3.54. The molecule has 3 aliphatic rings. The summed E-state index contributed by atoms with van der Waals surface area (Å²) in [6.07, 6.45) is 12.4. The minimum Gasteiger partial charge on any atom is -0.369 e. The van der Waals surface area contributed by atoms with E-state index in [-0.39, 0.29) is 22.3 Å². The number of amidine groups is 1. The van der Waals surface area contributed by atoms with Crippen LogP contribution in [0.4, 0.5) is 10.1 Å². The molecule has 0 N–H and O–H groups in total. The number of benzene rings is 1. The first kappa shape index (κ1) is 28.9. The van der Waals surface area contributed by atoms with E-state index in [0.717, 1.165) is 83.6 Å². The molecule has 3 fully saturated rings. The van der Waals surface area contributed by atoms with Gasteiger partial charge >= 0.3 is 0 Å². The highest BCUT2D eigenvalue weighted by atomic mass is 19.1. The second-order valence-electron chi connectivity index (χ2n) is 11.4. The predicted octanol–water partition coefficient (Wildman–Crippen LogP) is 4.92.